The fraction of sp³-hybridized carbons (Fsp3) is 0. The van der Waals surface area contributed by atoms with Crippen LogP contribution in [-0.4, -0.2) is 18.8 Å². The zero-order valence-electron chi connectivity index (χ0n) is 11.2. The molecule has 0 bridgehead atoms. The Hall–Kier alpha value is -1.93. The second-order valence-electron chi connectivity index (χ2n) is 4.70. The van der Waals surface area contributed by atoms with Crippen molar-refractivity contribution in [2.24, 2.45) is 0 Å². The number of rotatable bonds is 3. The number of hydrogen-bond donors (Lipinski definition) is 0. The van der Waals surface area contributed by atoms with Gasteiger partial charge in [0.1, 0.15) is 0 Å². The van der Waals surface area contributed by atoms with Crippen molar-refractivity contribution in [1.82, 2.24) is 0 Å². The summed E-state index contributed by atoms with van der Waals surface area (Å²) >= 11 is -1.36. The van der Waals surface area contributed by atoms with Crippen LogP contribution in [0.2, 0.25) is 0 Å². The van der Waals surface area contributed by atoms with E-state index in [0.29, 0.717) is 0 Å². The molecule has 0 N–H and O–H groups in total. The molecule has 1 aliphatic rings. The summed E-state index contributed by atoms with van der Waals surface area (Å²) < 4.78 is 0. The molecular weight excluding hydrogens is 301 g/mol. The Balaban J connectivity index is 2.09. The third-order valence-electron chi connectivity index (χ3n) is 3.28. The van der Waals surface area contributed by atoms with Crippen LogP contribution < -0.4 is 0 Å². The van der Waals surface area contributed by atoms with Crippen molar-refractivity contribution in [3.63, 3.8) is 0 Å². The fourth-order valence-corrected chi connectivity index (χ4v) is 5.72. The molecule has 1 heteroatoms. The quantitative estimate of drug-likeness (QED) is 0.744. The standard InChI is InChI=1S/C19H16Ge/c1-4-10-17(11-5-1)19(18-12-6-2-7-13-18)16-20-14-8-3-9-15-20/h1-16H. The molecule has 96 valence electrons. The molecule has 0 aromatic heterocycles. The molecule has 0 atom stereocenters. The Morgan fingerprint density at radius 2 is 1.30 bits per heavy atom. The SMILES string of the molecule is C1=C[CH]=[Ge]([CH]=C(c2ccccc2)c2ccccc2)[CH]=C1. The van der Waals surface area contributed by atoms with E-state index in [1.807, 2.05) is 0 Å². The molecule has 1 heterocycles. The monoisotopic (exact) mass is 318 g/mol. The summed E-state index contributed by atoms with van der Waals surface area (Å²) in [5.74, 6) is 0. The van der Waals surface area contributed by atoms with Gasteiger partial charge >= 0.3 is 124 Å². The molecule has 0 fully saturated rings. The van der Waals surface area contributed by atoms with Crippen LogP contribution in [0.3, 0.4) is 0 Å². The molecule has 0 radical (unpaired) electrons. The van der Waals surface area contributed by atoms with Crippen LogP contribution in [0.1, 0.15) is 11.1 Å². The number of hydrogen-bond acceptors (Lipinski definition) is 0. The van der Waals surface area contributed by atoms with Gasteiger partial charge in [-0.1, -0.05) is 0 Å². The first-order valence-electron chi connectivity index (χ1n) is 6.81. The van der Waals surface area contributed by atoms with Crippen LogP contribution in [0.4, 0.5) is 0 Å². The van der Waals surface area contributed by atoms with E-state index in [2.05, 4.69) is 93.6 Å². The summed E-state index contributed by atoms with van der Waals surface area (Å²) in [7, 11) is 0. The Kier molecular flexibility index (Phi) is 4.24. The molecule has 0 saturated heterocycles. The van der Waals surface area contributed by atoms with E-state index in [1.54, 1.807) is 0 Å². The van der Waals surface area contributed by atoms with Crippen LogP contribution in [0.15, 0.2) is 88.7 Å². The van der Waals surface area contributed by atoms with Crippen molar-refractivity contribution in [3.8, 4) is 0 Å². The van der Waals surface area contributed by atoms with Crippen LogP contribution in [0, 0.1) is 0 Å². The molecule has 0 saturated carbocycles. The fourth-order valence-electron chi connectivity index (χ4n) is 2.28. The molecule has 0 aliphatic carbocycles. The Morgan fingerprint density at radius 3 is 1.80 bits per heavy atom. The van der Waals surface area contributed by atoms with Gasteiger partial charge in [-0.25, -0.2) is 0 Å². The topological polar surface area (TPSA) is 0 Å². The zero-order valence-corrected chi connectivity index (χ0v) is 13.3. The van der Waals surface area contributed by atoms with Gasteiger partial charge in [-0.3, -0.25) is 0 Å². The van der Waals surface area contributed by atoms with Crippen molar-refractivity contribution < 1.29 is 0 Å². The molecule has 0 nitrogen and oxygen atoms in total. The molecule has 1 aliphatic heterocycles. The van der Waals surface area contributed by atoms with Crippen LogP contribution in [0.25, 0.3) is 5.57 Å². The summed E-state index contributed by atoms with van der Waals surface area (Å²) in [6.45, 7) is 0. The Labute approximate surface area is 124 Å². The van der Waals surface area contributed by atoms with Crippen LogP contribution >= 0.6 is 0 Å². The van der Waals surface area contributed by atoms with Gasteiger partial charge in [-0.05, 0) is 0 Å². The second-order valence-corrected chi connectivity index (χ2v) is 8.80. The Bertz CT molecular complexity index is 648. The van der Waals surface area contributed by atoms with E-state index in [0.717, 1.165) is 0 Å². The van der Waals surface area contributed by atoms with Gasteiger partial charge in [0.05, 0.1) is 0 Å². The normalized spacial score (nSPS) is 12.9. The third-order valence-corrected chi connectivity index (χ3v) is 7.01. The summed E-state index contributed by atoms with van der Waals surface area (Å²) in [5, 5.41) is 0. The molecule has 3 rings (SSSR count). The molecule has 20 heavy (non-hydrogen) atoms. The van der Waals surface area contributed by atoms with Crippen molar-refractivity contribution >= 4 is 24.3 Å². The van der Waals surface area contributed by atoms with Gasteiger partial charge in [0, 0.05) is 0 Å². The van der Waals surface area contributed by atoms with Gasteiger partial charge in [-0.15, -0.1) is 0 Å². The predicted octanol–water partition coefficient (Wildman–Crippen LogP) is 4.20. The maximum absolute atomic E-state index is 2.49. The molecule has 0 unspecified atom stereocenters. The second kappa shape index (κ2) is 6.49. The van der Waals surface area contributed by atoms with Gasteiger partial charge in [0.2, 0.25) is 0 Å². The van der Waals surface area contributed by atoms with Crippen molar-refractivity contribution in [1.29, 1.82) is 0 Å². The summed E-state index contributed by atoms with van der Waals surface area (Å²) in [4.78, 5) is 7.25. The average Bonchev–Trinajstić information content (AvgIpc) is 2.55. The first-order chi connectivity index (χ1) is 9.93. The average molecular weight is 317 g/mol. The zero-order chi connectivity index (χ0) is 13.6. The first-order valence-corrected chi connectivity index (χ1v) is 10.4. The van der Waals surface area contributed by atoms with E-state index in [9.17, 15) is 0 Å². The van der Waals surface area contributed by atoms with E-state index in [1.165, 1.54) is 16.7 Å². The van der Waals surface area contributed by atoms with Gasteiger partial charge in [0.15, 0.2) is 0 Å². The molecule has 2 aromatic carbocycles. The maximum atomic E-state index is 2.49. The van der Waals surface area contributed by atoms with Crippen LogP contribution in [0.5, 0.6) is 0 Å². The molecule has 2 aromatic rings. The van der Waals surface area contributed by atoms with E-state index in [-0.39, 0.29) is 0 Å². The van der Waals surface area contributed by atoms with Crippen molar-refractivity contribution in [3.05, 3.63) is 99.8 Å². The van der Waals surface area contributed by atoms with E-state index in [4.69, 9.17) is 0 Å². The van der Waals surface area contributed by atoms with E-state index < -0.39 is 13.9 Å². The molecule has 0 amide bonds. The van der Waals surface area contributed by atoms with Crippen molar-refractivity contribution in [2.45, 2.75) is 0 Å². The summed E-state index contributed by atoms with van der Waals surface area (Å²) in [6.07, 6.45) is 6.47. The number of benzene rings is 2. The van der Waals surface area contributed by atoms with Crippen molar-refractivity contribution in [2.75, 3.05) is 0 Å². The summed E-state index contributed by atoms with van der Waals surface area (Å²) in [5.41, 5.74) is 3.96. The third kappa shape index (κ3) is 3.15. The van der Waals surface area contributed by atoms with Gasteiger partial charge in [0.25, 0.3) is 0 Å². The van der Waals surface area contributed by atoms with Crippen LogP contribution in [-0.2, 0) is 0 Å². The summed E-state index contributed by atoms with van der Waals surface area (Å²) in [6, 6.07) is 21.4. The van der Waals surface area contributed by atoms with Gasteiger partial charge < -0.3 is 0 Å². The van der Waals surface area contributed by atoms with Gasteiger partial charge in [-0.2, -0.15) is 0 Å². The predicted molar refractivity (Wildman–Crippen MR) is 90.1 cm³/mol. The minimum absolute atomic E-state index is 1.30. The van der Waals surface area contributed by atoms with E-state index >= 15 is 0 Å². The molecular formula is C19H16Ge. The Morgan fingerprint density at radius 1 is 0.700 bits per heavy atom. The number of allylic oxidation sites excluding steroid dienone is 3. The molecule has 0 spiro atoms. The first kappa shape index (κ1) is 13.1. The minimum atomic E-state index is -1.36.